The molecule has 1 aromatic heterocycles. The number of benzene rings is 1. The summed E-state index contributed by atoms with van der Waals surface area (Å²) in [6.07, 6.45) is 5.06. The predicted octanol–water partition coefficient (Wildman–Crippen LogP) is 1.96. The van der Waals surface area contributed by atoms with Crippen LogP contribution in [0.3, 0.4) is 0 Å². The van der Waals surface area contributed by atoms with Crippen molar-refractivity contribution < 1.29 is 13.5 Å². The number of aromatic nitrogens is 2. The molecule has 1 aliphatic carbocycles. The molecule has 0 bridgehead atoms. The zero-order chi connectivity index (χ0) is 17.3. The Bertz CT molecular complexity index is 799. The molecule has 3 rings (SSSR count). The molecule has 1 saturated carbocycles. The fourth-order valence-electron chi connectivity index (χ4n) is 3.12. The Morgan fingerprint density at radius 3 is 2.62 bits per heavy atom. The van der Waals surface area contributed by atoms with Gasteiger partial charge in [0.05, 0.1) is 24.2 Å². The summed E-state index contributed by atoms with van der Waals surface area (Å²) in [7, 11) is -2.05. The van der Waals surface area contributed by atoms with Gasteiger partial charge in [0.15, 0.2) is 0 Å². The number of hydrogen-bond acceptors (Lipinski definition) is 4. The van der Waals surface area contributed by atoms with Crippen LogP contribution in [0.4, 0.5) is 0 Å². The molecule has 1 fully saturated rings. The van der Waals surface area contributed by atoms with Gasteiger partial charge < -0.3 is 5.11 Å². The van der Waals surface area contributed by atoms with Gasteiger partial charge in [-0.25, -0.2) is 17.4 Å². The topological polar surface area (TPSA) is 75.4 Å². The summed E-state index contributed by atoms with van der Waals surface area (Å²) < 4.78 is 28.3. The third-order valence-electron chi connectivity index (χ3n) is 4.68. The maximum atomic E-state index is 12.7. The van der Waals surface area contributed by atoms with E-state index in [2.05, 4.69) is 5.10 Å². The first-order valence-corrected chi connectivity index (χ1v) is 9.58. The molecule has 1 aromatic carbocycles. The van der Waals surface area contributed by atoms with Gasteiger partial charge in [-0.1, -0.05) is 24.1 Å². The van der Waals surface area contributed by atoms with Gasteiger partial charge in [-0.3, -0.25) is 0 Å². The highest BCUT2D eigenvalue weighted by Gasteiger charge is 2.31. The van der Waals surface area contributed by atoms with Crippen LogP contribution in [0, 0.1) is 12.8 Å². The van der Waals surface area contributed by atoms with Crippen LogP contribution in [0.2, 0.25) is 0 Å². The second-order valence-electron chi connectivity index (χ2n) is 6.50. The first kappa shape index (κ1) is 17.1. The molecule has 1 N–H and O–H groups in total. The molecule has 0 aliphatic heterocycles. The van der Waals surface area contributed by atoms with Crippen LogP contribution >= 0.6 is 0 Å². The SMILES string of the molecule is Cc1ccc(-n2cc(S(=O)(=O)N(C)CC3CCCC3O)cn2)cc1. The summed E-state index contributed by atoms with van der Waals surface area (Å²) >= 11 is 0. The minimum atomic E-state index is -3.61. The van der Waals surface area contributed by atoms with E-state index in [4.69, 9.17) is 0 Å². The number of sulfonamides is 1. The van der Waals surface area contributed by atoms with Gasteiger partial charge in [-0.15, -0.1) is 0 Å². The number of aliphatic hydroxyl groups is 1. The van der Waals surface area contributed by atoms with E-state index in [1.165, 1.54) is 16.7 Å². The lowest BCUT2D eigenvalue weighted by atomic mass is 10.1. The number of nitrogens with zero attached hydrogens (tertiary/aromatic N) is 3. The molecule has 0 amide bonds. The summed E-state index contributed by atoms with van der Waals surface area (Å²) in [5.74, 6) is 0.0110. The summed E-state index contributed by atoms with van der Waals surface area (Å²) in [5, 5.41) is 14.1. The molecule has 0 radical (unpaired) electrons. The van der Waals surface area contributed by atoms with Gasteiger partial charge in [0.25, 0.3) is 0 Å². The Balaban J connectivity index is 1.78. The van der Waals surface area contributed by atoms with Gasteiger partial charge in [0.1, 0.15) is 4.90 Å². The van der Waals surface area contributed by atoms with E-state index < -0.39 is 16.1 Å². The van der Waals surface area contributed by atoms with Crippen LogP contribution in [0.25, 0.3) is 5.69 Å². The lowest BCUT2D eigenvalue weighted by molar-refractivity contribution is 0.123. The Morgan fingerprint density at radius 2 is 2.00 bits per heavy atom. The number of hydrogen-bond donors (Lipinski definition) is 1. The number of aryl methyl sites for hydroxylation is 1. The molecule has 0 saturated heterocycles. The molecule has 2 unspecified atom stereocenters. The molecule has 6 nitrogen and oxygen atoms in total. The Labute approximate surface area is 142 Å². The van der Waals surface area contributed by atoms with Gasteiger partial charge in [0, 0.05) is 13.6 Å². The van der Waals surface area contributed by atoms with Gasteiger partial charge in [0.2, 0.25) is 10.0 Å². The lowest BCUT2D eigenvalue weighted by Gasteiger charge is -2.22. The smallest absolute Gasteiger partial charge is 0.245 e. The van der Waals surface area contributed by atoms with Crippen molar-refractivity contribution in [3.05, 3.63) is 42.2 Å². The summed E-state index contributed by atoms with van der Waals surface area (Å²) in [6.45, 7) is 2.33. The highest BCUT2D eigenvalue weighted by molar-refractivity contribution is 7.89. The van der Waals surface area contributed by atoms with Crippen LogP contribution in [-0.4, -0.2) is 47.3 Å². The molecule has 24 heavy (non-hydrogen) atoms. The fraction of sp³-hybridized carbons (Fsp3) is 0.471. The standard InChI is InChI=1S/C17H23N3O3S/c1-13-6-8-15(9-7-13)20-12-16(10-18-20)24(22,23)19(2)11-14-4-3-5-17(14)21/h6-10,12,14,17,21H,3-5,11H2,1-2H3. The zero-order valence-electron chi connectivity index (χ0n) is 14.0. The van der Waals surface area contributed by atoms with Crippen molar-refractivity contribution in [3.63, 3.8) is 0 Å². The maximum absolute atomic E-state index is 12.7. The summed E-state index contributed by atoms with van der Waals surface area (Å²) in [5.41, 5.74) is 1.95. The second-order valence-corrected chi connectivity index (χ2v) is 8.54. The first-order valence-electron chi connectivity index (χ1n) is 8.14. The number of rotatable bonds is 5. The van der Waals surface area contributed by atoms with Crippen LogP contribution in [0.1, 0.15) is 24.8 Å². The monoisotopic (exact) mass is 349 g/mol. The Morgan fingerprint density at radius 1 is 1.29 bits per heavy atom. The second kappa shape index (κ2) is 6.66. The first-order chi connectivity index (χ1) is 11.4. The molecular formula is C17H23N3O3S. The predicted molar refractivity (Wildman–Crippen MR) is 91.5 cm³/mol. The third-order valence-corrected chi connectivity index (χ3v) is 6.45. The van der Waals surface area contributed by atoms with E-state index in [0.717, 1.165) is 30.5 Å². The van der Waals surface area contributed by atoms with E-state index in [-0.39, 0.29) is 10.8 Å². The normalized spacial score (nSPS) is 21.5. The van der Waals surface area contributed by atoms with Crippen molar-refractivity contribution >= 4 is 10.0 Å². The van der Waals surface area contributed by atoms with Crippen LogP contribution in [0.5, 0.6) is 0 Å². The molecule has 2 aromatic rings. The Hall–Kier alpha value is -1.70. The largest absolute Gasteiger partial charge is 0.393 e. The molecule has 1 aliphatic rings. The van der Waals surface area contributed by atoms with Crippen molar-refractivity contribution in [2.24, 2.45) is 5.92 Å². The van der Waals surface area contributed by atoms with E-state index in [9.17, 15) is 13.5 Å². The average molecular weight is 349 g/mol. The molecule has 1 heterocycles. The zero-order valence-corrected chi connectivity index (χ0v) is 14.8. The molecule has 130 valence electrons. The lowest BCUT2D eigenvalue weighted by Crippen LogP contribution is -2.34. The fourth-order valence-corrected chi connectivity index (χ4v) is 4.28. The highest BCUT2D eigenvalue weighted by Crippen LogP contribution is 2.27. The molecular weight excluding hydrogens is 326 g/mol. The van der Waals surface area contributed by atoms with E-state index in [1.54, 1.807) is 11.7 Å². The summed E-state index contributed by atoms with van der Waals surface area (Å²) in [4.78, 5) is 0.165. The highest BCUT2D eigenvalue weighted by atomic mass is 32.2. The van der Waals surface area contributed by atoms with E-state index >= 15 is 0 Å². The third kappa shape index (κ3) is 3.38. The maximum Gasteiger partial charge on any atom is 0.245 e. The van der Waals surface area contributed by atoms with E-state index in [0.29, 0.717) is 6.54 Å². The van der Waals surface area contributed by atoms with Crippen molar-refractivity contribution in [3.8, 4) is 5.69 Å². The van der Waals surface area contributed by atoms with Crippen LogP contribution < -0.4 is 0 Å². The van der Waals surface area contributed by atoms with Gasteiger partial charge in [-0.05, 0) is 37.8 Å². The van der Waals surface area contributed by atoms with Crippen molar-refractivity contribution in [1.29, 1.82) is 0 Å². The van der Waals surface area contributed by atoms with Gasteiger partial charge in [-0.2, -0.15) is 5.10 Å². The van der Waals surface area contributed by atoms with Crippen molar-refractivity contribution in [2.45, 2.75) is 37.2 Å². The van der Waals surface area contributed by atoms with Gasteiger partial charge >= 0.3 is 0 Å². The van der Waals surface area contributed by atoms with Crippen molar-refractivity contribution in [2.75, 3.05) is 13.6 Å². The molecule has 0 spiro atoms. The van der Waals surface area contributed by atoms with Crippen LogP contribution in [0.15, 0.2) is 41.6 Å². The summed E-state index contributed by atoms with van der Waals surface area (Å²) in [6, 6.07) is 7.71. The van der Waals surface area contributed by atoms with E-state index in [1.807, 2.05) is 31.2 Å². The van der Waals surface area contributed by atoms with Crippen LogP contribution in [-0.2, 0) is 10.0 Å². The minimum Gasteiger partial charge on any atom is -0.393 e. The van der Waals surface area contributed by atoms with Crippen molar-refractivity contribution in [1.82, 2.24) is 14.1 Å². The minimum absolute atomic E-state index is 0.0110. The number of aliphatic hydroxyl groups excluding tert-OH is 1. The average Bonchev–Trinajstić information content (AvgIpc) is 3.18. The Kier molecular flexibility index (Phi) is 4.76. The molecule has 2 atom stereocenters. The molecule has 7 heteroatoms. The quantitative estimate of drug-likeness (QED) is 0.895.